The molecule has 0 atom stereocenters. The number of carbonyl (C=O) groups excluding carboxylic acids is 1. The molecule has 1 saturated heterocycles. The second-order valence-corrected chi connectivity index (χ2v) is 6.19. The van der Waals surface area contributed by atoms with E-state index < -0.39 is 0 Å². The highest BCUT2D eigenvalue weighted by atomic mass is 16.3. The highest BCUT2D eigenvalue weighted by Crippen LogP contribution is 2.15. The van der Waals surface area contributed by atoms with Crippen molar-refractivity contribution in [2.24, 2.45) is 0 Å². The molecule has 0 aromatic carbocycles. The maximum Gasteiger partial charge on any atom is 0.254 e. The second-order valence-electron chi connectivity index (χ2n) is 6.19. The van der Waals surface area contributed by atoms with Crippen molar-refractivity contribution in [2.75, 3.05) is 36.4 Å². The zero-order valence-corrected chi connectivity index (χ0v) is 14.8. The quantitative estimate of drug-likeness (QED) is 0.741. The third-order valence-electron chi connectivity index (χ3n) is 4.43. The van der Waals surface area contributed by atoms with Gasteiger partial charge in [-0.15, -0.1) is 0 Å². The Labute approximate surface area is 156 Å². The Morgan fingerprint density at radius 3 is 2.59 bits per heavy atom. The van der Waals surface area contributed by atoms with E-state index in [1.54, 1.807) is 43.1 Å². The Morgan fingerprint density at radius 1 is 1.04 bits per heavy atom. The van der Waals surface area contributed by atoms with Crippen molar-refractivity contribution in [3.05, 3.63) is 66.5 Å². The molecule has 0 spiro atoms. The van der Waals surface area contributed by atoms with Crippen molar-refractivity contribution >= 4 is 17.7 Å². The highest BCUT2D eigenvalue weighted by Gasteiger charge is 2.23. The fourth-order valence-corrected chi connectivity index (χ4v) is 3.00. The van der Waals surface area contributed by atoms with E-state index in [0.29, 0.717) is 50.1 Å². The zero-order valence-electron chi connectivity index (χ0n) is 14.8. The van der Waals surface area contributed by atoms with Crippen LogP contribution in [-0.4, -0.2) is 51.9 Å². The molecule has 1 amide bonds. The first-order valence-electron chi connectivity index (χ1n) is 8.83. The van der Waals surface area contributed by atoms with Gasteiger partial charge in [0.25, 0.3) is 5.91 Å². The molecule has 4 heterocycles. The largest absolute Gasteiger partial charge is 0.467 e. The molecule has 1 fully saturated rings. The molecule has 0 unspecified atom stereocenters. The first kappa shape index (κ1) is 17.0. The number of nitrogens with zero attached hydrogens (tertiary/aromatic N) is 5. The summed E-state index contributed by atoms with van der Waals surface area (Å²) in [4.78, 5) is 29.6. The lowest BCUT2D eigenvalue weighted by Crippen LogP contribution is -2.49. The topological polar surface area (TPSA) is 87.4 Å². The molecular weight excluding hydrogens is 344 g/mol. The molecule has 8 nitrogen and oxygen atoms in total. The summed E-state index contributed by atoms with van der Waals surface area (Å²) in [6.45, 7) is 3.21. The van der Waals surface area contributed by atoms with Gasteiger partial charge in [-0.05, 0) is 30.3 Å². The van der Waals surface area contributed by atoms with E-state index in [0.717, 1.165) is 5.76 Å². The maximum absolute atomic E-state index is 12.8. The molecule has 8 heteroatoms. The van der Waals surface area contributed by atoms with Gasteiger partial charge in [0.2, 0.25) is 5.95 Å². The van der Waals surface area contributed by atoms with E-state index >= 15 is 0 Å². The van der Waals surface area contributed by atoms with Crippen LogP contribution in [-0.2, 0) is 6.54 Å². The van der Waals surface area contributed by atoms with Gasteiger partial charge >= 0.3 is 0 Å². The molecule has 3 aromatic rings. The van der Waals surface area contributed by atoms with E-state index in [2.05, 4.69) is 25.2 Å². The summed E-state index contributed by atoms with van der Waals surface area (Å²) in [5.41, 5.74) is 0.622. The number of aromatic nitrogens is 3. The maximum atomic E-state index is 12.8. The number of anilines is 2. The van der Waals surface area contributed by atoms with Crippen LogP contribution >= 0.6 is 0 Å². The van der Waals surface area contributed by atoms with Gasteiger partial charge in [-0.1, -0.05) is 0 Å². The number of hydrogen-bond acceptors (Lipinski definition) is 7. The van der Waals surface area contributed by atoms with Crippen LogP contribution < -0.4 is 10.2 Å². The van der Waals surface area contributed by atoms with Crippen molar-refractivity contribution in [1.82, 2.24) is 19.9 Å². The van der Waals surface area contributed by atoms with Gasteiger partial charge in [0.1, 0.15) is 11.6 Å². The number of pyridine rings is 1. The van der Waals surface area contributed by atoms with Crippen LogP contribution in [0.15, 0.2) is 59.6 Å². The van der Waals surface area contributed by atoms with E-state index in [4.69, 9.17) is 4.42 Å². The van der Waals surface area contributed by atoms with Crippen molar-refractivity contribution in [2.45, 2.75) is 6.54 Å². The Bertz CT molecular complexity index is 876. The van der Waals surface area contributed by atoms with Crippen molar-refractivity contribution in [3.63, 3.8) is 0 Å². The molecular formula is C19H20N6O2. The highest BCUT2D eigenvalue weighted by molar-refractivity contribution is 5.95. The summed E-state index contributed by atoms with van der Waals surface area (Å²) in [7, 11) is 0. The molecule has 0 radical (unpaired) electrons. The molecule has 1 aliphatic heterocycles. The Hall–Kier alpha value is -3.42. The molecule has 138 valence electrons. The van der Waals surface area contributed by atoms with Gasteiger partial charge in [-0.3, -0.25) is 4.79 Å². The zero-order chi connectivity index (χ0) is 18.5. The van der Waals surface area contributed by atoms with Gasteiger partial charge in [0.15, 0.2) is 0 Å². The summed E-state index contributed by atoms with van der Waals surface area (Å²) in [5, 5.41) is 3.17. The van der Waals surface area contributed by atoms with Gasteiger partial charge < -0.3 is 19.5 Å². The lowest BCUT2D eigenvalue weighted by molar-refractivity contribution is 0.0746. The van der Waals surface area contributed by atoms with Crippen molar-refractivity contribution in [3.8, 4) is 0 Å². The minimum Gasteiger partial charge on any atom is -0.467 e. The van der Waals surface area contributed by atoms with Gasteiger partial charge in [0.05, 0.1) is 12.8 Å². The van der Waals surface area contributed by atoms with Crippen LogP contribution in [0.5, 0.6) is 0 Å². The van der Waals surface area contributed by atoms with Crippen LogP contribution in [0.25, 0.3) is 0 Å². The molecule has 27 heavy (non-hydrogen) atoms. The minimum absolute atomic E-state index is 0.00655. The number of nitrogens with one attached hydrogen (secondary N) is 1. The monoisotopic (exact) mass is 364 g/mol. The number of amides is 1. The lowest BCUT2D eigenvalue weighted by atomic mass is 10.2. The Kier molecular flexibility index (Phi) is 4.95. The number of carbonyl (C=O) groups is 1. The molecule has 4 rings (SSSR count). The van der Waals surface area contributed by atoms with Crippen LogP contribution in [0, 0.1) is 0 Å². The normalized spacial score (nSPS) is 14.2. The summed E-state index contributed by atoms with van der Waals surface area (Å²) < 4.78 is 5.29. The molecule has 3 aromatic heterocycles. The van der Waals surface area contributed by atoms with Crippen LogP contribution in [0.1, 0.15) is 16.1 Å². The molecule has 0 saturated carbocycles. The standard InChI is InChI=1S/C19H20N6O2/c26-18(24-8-10-25(11-9-24)19-21-5-2-6-22-19)15-4-7-20-17(13-15)23-14-16-3-1-12-27-16/h1-7,12-13H,8-11,14H2,(H,20,23). The first-order valence-corrected chi connectivity index (χ1v) is 8.83. The average molecular weight is 364 g/mol. The number of hydrogen-bond donors (Lipinski definition) is 1. The van der Waals surface area contributed by atoms with Crippen LogP contribution in [0.4, 0.5) is 11.8 Å². The molecule has 1 N–H and O–H groups in total. The van der Waals surface area contributed by atoms with Gasteiger partial charge in [0, 0.05) is 50.3 Å². The third kappa shape index (κ3) is 4.05. The third-order valence-corrected chi connectivity index (χ3v) is 4.43. The number of piperazine rings is 1. The van der Waals surface area contributed by atoms with Gasteiger partial charge in [-0.2, -0.15) is 0 Å². The van der Waals surface area contributed by atoms with Crippen molar-refractivity contribution < 1.29 is 9.21 Å². The van der Waals surface area contributed by atoms with E-state index in [-0.39, 0.29) is 5.91 Å². The predicted molar refractivity (Wildman–Crippen MR) is 100 cm³/mol. The molecule has 1 aliphatic rings. The van der Waals surface area contributed by atoms with Crippen LogP contribution in [0.2, 0.25) is 0 Å². The summed E-state index contributed by atoms with van der Waals surface area (Å²) in [6.07, 6.45) is 6.73. The molecule has 0 aliphatic carbocycles. The fourth-order valence-electron chi connectivity index (χ4n) is 3.00. The van der Waals surface area contributed by atoms with Crippen LogP contribution in [0.3, 0.4) is 0 Å². The molecule has 0 bridgehead atoms. The summed E-state index contributed by atoms with van der Waals surface area (Å²) in [5.74, 6) is 2.17. The van der Waals surface area contributed by atoms with Gasteiger partial charge in [-0.25, -0.2) is 15.0 Å². The van der Waals surface area contributed by atoms with E-state index in [9.17, 15) is 4.79 Å². The predicted octanol–water partition coefficient (Wildman–Crippen LogP) is 2.04. The average Bonchev–Trinajstić information content (AvgIpc) is 3.26. The summed E-state index contributed by atoms with van der Waals surface area (Å²) >= 11 is 0. The number of furan rings is 1. The Balaban J connectivity index is 1.36. The minimum atomic E-state index is 0.00655. The van der Waals surface area contributed by atoms with E-state index in [1.807, 2.05) is 17.0 Å². The first-order chi connectivity index (χ1) is 13.3. The smallest absolute Gasteiger partial charge is 0.254 e. The Morgan fingerprint density at radius 2 is 1.85 bits per heavy atom. The van der Waals surface area contributed by atoms with Crippen molar-refractivity contribution in [1.29, 1.82) is 0 Å². The summed E-state index contributed by atoms with van der Waals surface area (Å²) in [6, 6.07) is 9.04. The van der Waals surface area contributed by atoms with E-state index in [1.165, 1.54) is 0 Å². The fraction of sp³-hybridized carbons (Fsp3) is 0.263. The SMILES string of the molecule is O=C(c1ccnc(NCc2ccco2)c1)N1CCN(c2ncccn2)CC1. The second kappa shape index (κ2) is 7.86. The lowest BCUT2D eigenvalue weighted by Gasteiger charge is -2.34. The number of rotatable bonds is 5.